The molecule has 1 rings (SSSR count). The highest BCUT2D eigenvalue weighted by atomic mass is 16.5. The van der Waals surface area contributed by atoms with Gasteiger partial charge in [0, 0.05) is 13.2 Å². The molecule has 1 N–H and O–H groups in total. The van der Waals surface area contributed by atoms with E-state index in [0.717, 1.165) is 19.4 Å². The van der Waals surface area contributed by atoms with Crippen LogP contribution in [0, 0.1) is 5.92 Å². The third kappa shape index (κ3) is 1.97. The van der Waals surface area contributed by atoms with E-state index in [4.69, 9.17) is 4.74 Å². The number of ether oxygens (including phenoxy) is 1. The molecule has 2 atom stereocenters. The quantitative estimate of drug-likeness (QED) is 0.686. The third-order valence-electron chi connectivity index (χ3n) is 2.30. The van der Waals surface area contributed by atoms with Crippen LogP contribution < -0.4 is 5.32 Å². The Labute approximate surface area is 73.5 Å². The predicted octanol–water partition coefficient (Wildman–Crippen LogP) is 0.938. The molecule has 1 saturated heterocycles. The van der Waals surface area contributed by atoms with E-state index in [0.29, 0.717) is 6.54 Å². The van der Waals surface area contributed by atoms with Crippen LogP contribution in [0.5, 0.6) is 0 Å². The van der Waals surface area contributed by atoms with Gasteiger partial charge in [0.2, 0.25) is 5.91 Å². The number of carbonyl (C=O) groups excluding carboxylic acids is 1. The molecule has 3 heteroatoms. The van der Waals surface area contributed by atoms with Crippen molar-refractivity contribution < 1.29 is 9.53 Å². The van der Waals surface area contributed by atoms with Crippen molar-refractivity contribution in [3.63, 3.8) is 0 Å². The molecule has 1 amide bonds. The molecule has 12 heavy (non-hydrogen) atoms. The highest BCUT2D eigenvalue weighted by molar-refractivity contribution is 5.79. The first kappa shape index (κ1) is 9.52. The van der Waals surface area contributed by atoms with Crippen molar-refractivity contribution in [1.29, 1.82) is 0 Å². The summed E-state index contributed by atoms with van der Waals surface area (Å²) in [6.45, 7) is 5.45. The molecule has 1 fully saturated rings. The normalized spacial score (nSPS) is 28.8. The van der Waals surface area contributed by atoms with Crippen molar-refractivity contribution in [2.75, 3.05) is 13.2 Å². The standard InChI is InChI=1S/C9H17NO2/c1-3-8-7(5-6-12-8)9(11)10-4-2/h7-8H,3-6H2,1-2H3,(H,10,11). The Morgan fingerprint density at radius 2 is 2.33 bits per heavy atom. The number of carbonyl (C=O) groups is 1. The van der Waals surface area contributed by atoms with Gasteiger partial charge in [0.25, 0.3) is 0 Å². The summed E-state index contributed by atoms with van der Waals surface area (Å²) in [4.78, 5) is 11.4. The first-order chi connectivity index (χ1) is 5.79. The Morgan fingerprint density at radius 1 is 1.58 bits per heavy atom. The smallest absolute Gasteiger partial charge is 0.225 e. The summed E-state index contributed by atoms with van der Waals surface area (Å²) in [5.74, 6) is 0.247. The summed E-state index contributed by atoms with van der Waals surface area (Å²) in [5.41, 5.74) is 0. The molecular formula is C9H17NO2. The van der Waals surface area contributed by atoms with Gasteiger partial charge in [-0.25, -0.2) is 0 Å². The van der Waals surface area contributed by atoms with Gasteiger partial charge < -0.3 is 10.1 Å². The first-order valence-corrected chi connectivity index (χ1v) is 4.68. The van der Waals surface area contributed by atoms with E-state index in [-0.39, 0.29) is 17.9 Å². The summed E-state index contributed by atoms with van der Waals surface area (Å²) < 4.78 is 5.42. The zero-order valence-electron chi connectivity index (χ0n) is 7.80. The fraction of sp³-hybridized carbons (Fsp3) is 0.889. The number of hydrogen-bond acceptors (Lipinski definition) is 2. The summed E-state index contributed by atoms with van der Waals surface area (Å²) in [6.07, 6.45) is 1.96. The summed E-state index contributed by atoms with van der Waals surface area (Å²) in [5, 5.41) is 2.83. The van der Waals surface area contributed by atoms with Crippen LogP contribution in [0.15, 0.2) is 0 Å². The molecule has 1 heterocycles. The van der Waals surface area contributed by atoms with Crippen molar-refractivity contribution in [1.82, 2.24) is 5.32 Å². The molecule has 0 radical (unpaired) electrons. The Hall–Kier alpha value is -0.570. The molecule has 0 aromatic carbocycles. The second-order valence-corrected chi connectivity index (χ2v) is 3.11. The first-order valence-electron chi connectivity index (χ1n) is 4.68. The van der Waals surface area contributed by atoms with Crippen molar-refractivity contribution in [2.24, 2.45) is 5.92 Å². The lowest BCUT2D eigenvalue weighted by Gasteiger charge is -2.15. The molecule has 1 aliphatic heterocycles. The predicted molar refractivity (Wildman–Crippen MR) is 46.8 cm³/mol. The van der Waals surface area contributed by atoms with Crippen LogP contribution in [0.3, 0.4) is 0 Å². The van der Waals surface area contributed by atoms with Gasteiger partial charge in [-0.1, -0.05) is 6.92 Å². The lowest BCUT2D eigenvalue weighted by molar-refractivity contribution is -0.126. The minimum absolute atomic E-state index is 0.0925. The number of nitrogens with one attached hydrogen (secondary N) is 1. The van der Waals surface area contributed by atoms with Crippen molar-refractivity contribution in [3.05, 3.63) is 0 Å². The molecule has 0 bridgehead atoms. The number of hydrogen-bond donors (Lipinski definition) is 1. The Bertz CT molecular complexity index is 159. The molecule has 1 aliphatic rings. The van der Waals surface area contributed by atoms with E-state index in [1.165, 1.54) is 0 Å². The maximum absolute atomic E-state index is 11.4. The molecular weight excluding hydrogens is 154 g/mol. The molecule has 2 unspecified atom stereocenters. The highest BCUT2D eigenvalue weighted by Gasteiger charge is 2.32. The largest absolute Gasteiger partial charge is 0.377 e. The number of rotatable bonds is 3. The summed E-state index contributed by atoms with van der Waals surface area (Å²) in [6, 6.07) is 0. The molecule has 0 aliphatic carbocycles. The van der Waals surface area contributed by atoms with E-state index in [9.17, 15) is 4.79 Å². The van der Waals surface area contributed by atoms with Crippen LogP contribution in [0.1, 0.15) is 26.7 Å². The van der Waals surface area contributed by atoms with E-state index in [1.54, 1.807) is 0 Å². The summed E-state index contributed by atoms with van der Waals surface area (Å²) >= 11 is 0. The summed E-state index contributed by atoms with van der Waals surface area (Å²) in [7, 11) is 0. The minimum atomic E-state index is 0.0925. The van der Waals surface area contributed by atoms with E-state index >= 15 is 0 Å². The van der Waals surface area contributed by atoms with Crippen LogP contribution in [0.25, 0.3) is 0 Å². The maximum Gasteiger partial charge on any atom is 0.225 e. The zero-order chi connectivity index (χ0) is 8.97. The van der Waals surface area contributed by atoms with Gasteiger partial charge in [-0.05, 0) is 19.8 Å². The van der Waals surface area contributed by atoms with Crippen LogP contribution in [0.2, 0.25) is 0 Å². The molecule has 0 aromatic rings. The number of amides is 1. The van der Waals surface area contributed by atoms with Crippen molar-refractivity contribution in [3.8, 4) is 0 Å². The zero-order valence-corrected chi connectivity index (χ0v) is 7.80. The molecule has 70 valence electrons. The molecule has 0 saturated carbocycles. The van der Waals surface area contributed by atoms with Gasteiger partial charge >= 0.3 is 0 Å². The van der Waals surface area contributed by atoms with Gasteiger partial charge in [0.05, 0.1) is 12.0 Å². The Kier molecular flexibility index (Phi) is 3.53. The highest BCUT2D eigenvalue weighted by Crippen LogP contribution is 2.23. The average molecular weight is 171 g/mol. The fourth-order valence-electron chi connectivity index (χ4n) is 1.66. The van der Waals surface area contributed by atoms with Crippen LogP contribution in [-0.4, -0.2) is 25.2 Å². The molecule has 0 spiro atoms. The average Bonchev–Trinajstić information content (AvgIpc) is 2.51. The third-order valence-corrected chi connectivity index (χ3v) is 2.30. The molecule has 3 nitrogen and oxygen atoms in total. The van der Waals surface area contributed by atoms with Crippen LogP contribution >= 0.6 is 0 Å². The van der Waals surface area contributed by atoms with Gasteiger partial charge in [-0.2, -0.15) is 0 Å². The Balaban J connectivity index is 2.43. The van der Waals surface area contributed by atoms with Gasteiger partial charge in [0.1, 0.15) is 0 Å². The van der Waals surface area contributed by atoms with Gasteiger partial charge in [0.15, 0.2) is 0 Å². The second-order valence-electron chi connectivity index (χ2n) is 3.11. The SMILES string of the molecule is CCNC(=O)C1CCOC1CC. The van der Waals surface area contributed by atoms with Crippen molar-refractivity contribution in [2.45, 2.75) is 32.8 Å². The van der Waals surface area contributed by atoms with E-state index in [2.05, 4.69) is 12.2 Å². The van der Waals surface area contributed by atoms with E-state index in [1.807, 2.05) is 6.92 Å². The van der Waals surface area contributed by atoms with E-state index < -0.39 is 0 Å². The lowest BCUT2D eigenvalue weighted by atomic mass is 9.99. The maximum atomic E-state index is 11.4. The monoisotopic (exact) mass is 171 g/mol. The fourth-order valence-corrected chi connectivity index (χ4v) is 1.66. The van der Waals surface area contributed by atoms with Gasteiger partial charge in [-0.3, -0.25) is 4.79 Å². The molecule has 0 aromatic heterocycles. The second kappa shape index (κ2) is 4.45. The lowest BCUT2D eigenvalue weighted by Crippen LogP contribution is -2.34. The van der Waals surface area contributed by atoms with Crippen molar-refractivity contribution >= 4 is 5.91 Å². The van der Waals surface area contributed by atoms with Crippen LogP contribution in [0.4, 0.5) is 0 Å². The van der Waals surface area contributed by atoms with Gasteiger partial charge in [-0.15, -0.1) is 0 Å². The Morgan fingerprint density at radius 3 is 2.92 bits per heavy atom. The minimum Gasteiger partial charge on any atom is -0.377 e. The topological polar surface area (TPSA) is 38.3 Å². The van der Waals surface area contributed by atoms with Crippen LogP contribution in [-0.2, 0) is 9.53 Å².